The summed E-state index contributed by atoms with van der Waals surface area (Å²) >= 11 is 6.07. The van der Waals surface area contributed by atoms with Gasteiger partial charge in [-0.05, 0) is 66.4 Å². The van der Waals surface area contributed by atoms with Crippen LogP contribution < -0.4 is 10.6 Å². The van der Waals surface area contributed by atoms with Crippen LogP contribution in [0, 0.1) is 0 Å². The highest BCUT2D eigenvalue weighted by atomic mass is 35.5. The van der Waals surface area contributed by atoms with Gasteiger partial charge in [0.1, 0.15) is 17.7 Å². The molecule has 11 heteroatoms. The van der Waals surface area contributed by atoms with Gasteiger partial charge in [0.15, 0.2) is 11.5 Å². The summed E-state index contributed by atoms with van der Waals surface area (Å²) in [6, 6.07) is 27.4. The average Bonchev–Trinajstić information content (AvgIpc) is 3.56. The summed E-state index contributed by atoms with van der Waals surface area (Å²) in [6.45, 7) is 2.76. The number of likely N-dealkylation sites (tertiary alicyclic amines) is 1. The monoisotopic (exact) mass is 600 g/mol. The van der Waals surface area contributed by atoms with Crippen LogP contribution in [-0.4, -0.2) is 64.5 Å². The van der Waals surface area contributed by atoms with Crippen molar-refractivity contribution in [2.24, 2.45) is 0 Å². The number of nitrogens with zero attached hydrogens (tertiary/aromatic N) is 9. The summed E-state index contributed by atoms with van der Waals surface area (Å²) in [5.74, 6) is 1.82. The van der Waals surface area contributed by atoms with Gasteiger partial charge in [-0.1, -0.05) is 42.5 Å². The molecule has 218 valence electrons. The molecule has 2 bridgehead atoms. The van der Waals surface area contributed by atoms with Crippen LogP contribution in [0.25, 0.3) is 39.5 Å². The first kappa shape index (κ1) is 26.7. The summed E-state index contributed by atoms with van der Waals surface area (Å²) in [5, 5.41) is 0.239. The van der Waals surface area contributed by atoms with Crippen molar-refractivity contribution in [1.29, 1.82) is 0 Å². The Labute approximate surface area is 259 Å². The number of hydrogen-bond acceptors (Lipinski definition) is 9. The van der Waals surface area contributed by atoms with Crippen LogP contribution in [0.1, 0.15) is 18.4 Å². The van der Waals surface area contributed by atoms with E-state index < -0.39 is 0 Å². The van der Waals surface area contributed by atoms with Crippen LogP contribution in [0.15, 0.2) is 91.4 Å². The van der Waals surface area contributed by atoms with E-state index in [0.29, 0.717) is 29.7 Å². The van der Waals surface area contributed by atoms with Crippen LogP contribution in [-0.2, 0) is 6.54 Å². The number of benzene rings is 2. The number of pyridine rings is 2. The Morgan fingerprint density at radius 2 is 1.59 bits per heavy atom. The van der Waals surface area contributed by atoms with Crippen molar-refractivity contribution in [1.82, 2.24) is 39.4 Å². The van der Waals surface area contributed by atoms with Gasteiger partial charge in [-0.3, -0.25) is 9.47 Å². The molecular weight excluding hydrogens is 572 g/mol. The first-order valence-corrected chi connectivity index (χ1v) is 15.1. The third kappa shape index (κ3) is 4.82. The molecular formula is C33H29ClN10. The maximum atomic E-state index is 6.34. The van der Waals surface area contributed by atoms with Crippen molar-refractivity contribution >= 4 is 34.5 Å². The summed E-state index contributed by atoms with van der Waals surface area (Å²) in [5.41, 5.74) is 12.8. The van der Waals surface area contributed by atoms with Gasteiger partial charge in [0.2, 0.25) is 11.2 Å². The van der Waals surface area contributed by atoms with E-state index in [4.69, 9.17) is 27.3 Å². The smallest absolute Gasteiger partial charge is 0.230 e. The number of anilines is 2. The zero-order chi connectivity index (χ0) is 29.6. The molecule has 0 radical (unpaired) electrons. The predicted octanol–water partition coefficient (Wildman–Crippen LogP) is 5.42. The van der Waals surface area contributed by atoms with E-state index >= 15 is 0 Å². The van der Waals surface area contributed by atoms with Crippen LogP contribution in [0.3, 0.4) is 0 Å². The minimum atomic E-state index is 0.239. The Morgan fingerprint density at radius 1 is 0.795 bits per heavy atom. The quantitative estimate of drug-likeness (QED) is 0.267. The number of fused-ring (bicyclic) bond motifs is 3. The van der Waals surface area contributed by atoms with E-state index in [1.165, 1.54) is 11.9 Å². The number of rotatable bonds is 6. The van der Waals surface area contributed by atoms with Crippen LogP contribution >= 0.6 is 11.6 Å². The minimum absolute atomic E-state index is 0.239. The van der Waals surface area contributed by atoms with Gasteiger partial charge >= 0.3 is 0 Å². The van der Waals surface area contributed by atoms with Crippen LogP contribution in [0.2, 0.25) is 5.28 Å². The molecule has 6 aromatic rings. The number of halogens is 1. The van der Waals surface area contributed by atoms with Crippen molar-refractivity contribution < 1.29 is 0 Å². The van der Waals surface area contributed by atoms with Crippen molar-refractivity contribution in [3.63, 3.8) is 0 Å². The molecule has 2 aliphatic heterocycles. The Hall–Kier alpha value is -4.93. The van der Waals surface area contributed by atoms with E-state index in [0.717, 1.165) is 66.1 Å². The molecule has 2 atom stereocenters. The van der Waals surface area contributed by atoms with Crippen molar-refractivity contribution in [2.75, 3.05) is 23.7 Å². The number of piperazine rings is 1. The van der Waals surface area contributed by atoms with Gasteiger partial charge in [-0.15, -0.1) is 0 Å². The Morgan fingerprint density at radius 3 is 2.34 bits per heavy atom. The summed E-state index contributed by atoms with van der Waals surface area (Å²) in [4.78, 5) is 32.0. The maximum Gasteiger partial charge on any atom is 0.230 e. The molecule has 6 heterocycles. The van der Waals surface area contributed by atoms with Gasteiger partial charge in [-0.2, -0.15) is 4.98 Å². The molecule has 10 nitrogen and oxygen atoms in total. The lowest BCUT2D eigenvalue weighted by Crippen LogP contribution is -2.54. The average molecular weight is 601 g/mol. The van der Waals surface area contributed by atoms with E-state index in [2.05, 4.69) is 70.7 Å². The molecule has 0 spiro atoms. The normalized spacial score (nSPS) is 18.2. The standard InChI is InChI=1S/C33H29ClN10/c34-32-37-20-38-33(41-32)43-24-12-13-25(43)19-42(18-24)17-21-8-10-23(11-9-21)44-30(26-7-4-16-36-29(26)35)40-28-15-14-27(39-31(28)44)22-5-2-1-3-6-22/h1-11,14-16,20,24-25H,12-13,17-19H2,(H2,35,36). The lowest BCUT2D eigenvalue weighted by Gasteiger charge is -2.41. The van der Waals surface area contributed by atoms with E-state index in [-0.39, 0.29) is 5.28 Å². The maximum absolute atomic E-state index is 6.34. The number of nitrogen functional groups attached to an aromatic ring is 1. The predicted molar refractivity (Wildman–Crippen MR) is 171 cm³/mol. The fraction of sp³-hybridized carbons (Fsp3) is 0.212. The molecule has 2 fully saturated rings. The lowest BCUT2D eigenvalue weighted by atomic mass is 10.1. The first-order chi connectivity index (χ1) is 21.6. The minimum Gasteiger partial charge on any atom is -0.383 e. The van der Waals surface area contributed by atoms with Gasteiger partial charge < -0.3 is 10.6 Å². The zero-order valence-corrected chi connectivity index (χ0v) is 24.6. The molecule has 2 N–H and O–H groups in total. The second-order valence-electron chi connectivity index (χ2n) is 11.3. The second-order valence-corrected chi connectivity index (χ2v) is 11.7. The van der Waals surface area contributed by atoms with Crippen LogP contribution in [0.5, 0.6) is 0 Å². The zero-order valence-electron chi connectivity index (χ0n) is 23.8. The number of hydrogen-bond donors (Lipinski definition) is 1. The summed E-state index contributed by atoms with van der Waals surface area (Å²) in [7, 11) is 0. The Bertz CT molecular complexity index is 1950. The van der Waals surface area contributed by atoms with Gasteiger partial charge in [-0.25, -0.2) is 24.9 Å². The van der Waals surface area contributed by atoms with E-state index in [1.807, 2.05) is 42.5 Å². The highest BCUT2D eigenvalue weighted by Gasteiger charge is 2.41. The SMILES string of the molecule is Nc1ncccc1-c1nc2ccc(-c3ccccc3)nc2n1-c1ccc(CN2CC3CCC(C2)N3c2ncnc(Cl)n2)cc1. The number of nitrogens with two attached hydrogens (primary N) is 1. The molecule has 2 saturated heterocycles. The van der Waals surface area contributed by atoms with Gasteiger partial charge in [0.05, 0.1) is 11.3 Å². The van der Waals surface area contributed by atoms with Gasteiger partial charge in [0.25, 0.3) is 0 Å². The Balaban J connectivity index is 1.10. The van der Waals surface area contributed by atoms with Crippen LogP contribution in [0.4, 0.5) is 11.8 Å². The summed E-state index contributed by atoms with van der Waals surface area (Å²) in [6.07, 6.45) is 5.43. The highest BCUT2D eigenvalue weighted by molar-refractivity contribution is 6.28. The number of aromatic nitrogens is 7. The third-order valence-electron chi connectivity index (χ3n) is 8.57. The largest absolute Gasteiger partial charge is 0.383 e. The highest BCUT2D eigenvalue weighted by Crippen LogP contribution is 2.35. The first-order valence-electron chi connectivity index (χ1n) is 14.7. The molecule has 2 aliphatic rings. The molecule has 0 aliphatic carbocycles. The fourth-order valence-electron chi connectivity index (χ4n) is 6.61. The third-order valence-corrected chi connectivity index (χ3v) is 8.75. The molecule has 0 saturated carbocycles. The van der Waals surface area contributed by atoms with Crippen molar-refractivity contribution in [3.8, 4) is 28.3 Å². The second kappa shape index (κ2) is 11.0. The van der Waals surface area contributed by atoms with Gasteiger partial charge in [0, 0.05) is 49.2 Å². The molecule has 4 aromatic heterocycles. The fourth-order valence-corrected chi connectivity index (χ4v) is 6.73. The number of imidazole rings is 1. The molecule has 0 amide bonds. The summed E-state index contributed by atoms with van der Waals surface area (Å²) < 4.78 is 2.08. The van der Waals surface area contributed by atoms with Crippen molar-refractivity contribution in [2.45, 2.75) is 31.5 Å². The topological polar surface area (TPSA) is 115 Å². The van der Waals surface area contributed by atoms with E-state index in [9.17, 15) is 0 Å². The lowest BCUT2D eigenvalue weighted by molar-refractivity contribution is 0.210. The molecule has 44 heavy (non-hydrogen) atoms. The molecule has 8 rings (SSSR count). The van der Waals surface area contributed by atoms with E-state index in [1.54, 1.807) is 6.20 Å². The van der Waals surface area contributed by atoms with Crippen molar-refractivity contribution in [3.05, 3.63) is 102 Å². The molecule has 2 unspecified atom stereocenters. The Kier molecular flexibility index (Phi) is 6.65. The molecule has 2 aromatic carbocycles.